The van der Waals surface area contributed by atoms with Crippen LogP contribution in [-0.2, 0) is 13.5 Å². The summed E-state index contributed by atoms with van der Waals surface area (Å²) in [5.41, 5.74) is 1.68. The van der Waals surface area contributed by atoms with E-state index in [9.17, 15) is 9.59 Å². The number of anilines is 1. The molecule has 4 heterocycles. The molecule has 0 radical (unpaired) electrons. The average Bonchev–Trinajstić information content (AvgIpc) is 3.53. The zero-order valence-corrected chi connectivity index (χ0v) is 22.1. The first-order valence-electron chi connectivity index (χ1n) is 12.4. The molecular formula is C28H28N6O3S. The van der Waals surface area contributed by atoms with Crippen LogP contribution in [0.25, 0.3) is 5.69 Å². The van der Waals surface area contributed by atoms with Gasteiger partial charge in [-0.2, -0.15) is 0 Å². The molecule has 194 valence electrons. The second kappa shape index (κ2) is 11.0. The van der Waals surface area contributed by atoms with E-state index in [2.05, 4.69) is 20.2 Å². The molecule has 1 fully saturated rings. The maximum Gasteiger partial charge on any atom is 0.282 e. The Kier molecular flexibility index (Phi) is 7.32. The van der Waals surface area contributed by atoms with Gasteiger partial charge in [-0.1, -0.05) is 18.2 Å². The van der Waals surface area contributed by atoms with Crippen LogP contribution in [0.3, 0.4) is 0 Å². The van der Waals surface area contributed by atoms with Crippen LogP contribution in [0.1, 0.15) is 34.6 Å². The van der Waals surface area contributed by atoms with E-state index >= 15 is 0 Å². The van der Waals surface area contributed by atoms with Crippen molar-refractivity contribution < 1.29 is 9.53 Å². The van der Waals surface area contributed by atoms with Crippen molar-refractivity contribution in [2.24, 2.45) is 7.05 Å². The Bertz CT molecular complexity index is 1520. The summed E-state index contributed by atoms with van der Waals surface area (Å²) in [5.74, 6) is 1.42. The monoisotopic (exact) mass is 528 g/mol. The van der Waals surface area contributed by atoms with Crippen molar-refractivity contribution in [3.8, 4) is 17.2 Å². The summed E-state index contributed by atoms with van der Waals surface area (Å²) in [6.45, 7) is 3.68. The van der Waals surface area contributed by atoms with E-state index in [0.29, 0.717) is 39.5 Å². The second-order valence-corrected chi connectivity index (χ2v) is 9.51. The zero-order valence-electron chi connectivity index (χ0n) is 21.3. The summed E-state index contributed by atoms with van der Waals surface area (Å²) in [6.07, 6.45) is 5.50. The average molecular weight is 529 g/mol. The number of hydrogen-bond acceptors (Lipinski definition) is 6. The number of hydrogen-bond donors (Lipinski definition) is 1. The van der Waals surface area contributed by atoms with E-state index in [-0.39, 0.29) is 23.3 Å². The van der Waals surface area contributed by atoms with Gasteiger partial charge in [0.25, 0.3) is 5.56 Å². The highest BCUT2D eigenvalue weighted by Crippen LogP contribution is 2.23. The first-order valence-corrected chi connectivity index (χ1v) is 12.8. The van der Waals surface area contributed by atoms with Gasteiger partial charge in [0.2, 0.25) is 0 Å². The topological polar surface area (TPSA) is 94.3 Å². The molecule has 1 N–H and O–H groups in total. The Balaban J connectivity index is 1.26. The number of carbonyl (C=O) groups excluding carboxylic acids is 1. The third-order valence-corrected chi connectivity index (χ3v) is 6.93. The van der Waals surface area contributed by atoms with Gasteiger partial charge >= 0.3 is 0 Å². The lowest BCUT2D eigenvalue weighted by molar-refractivity contribution is 0.0990. The number of nitrogens with zero attached hydrogens (tertiary/aromatic N) is 5. The van der Waals surface area contributed by atoms with E-state index in [1.54, 1.807) is 55.3 Å². The highest BCUT2D eigenvalue weighted by molar-refractivity contribution is 7.80. The van der Waals surface area contributed by atoms with Crippen molar-refractivity contribution in [1.29, 1.82) is 0 Å². The molecule has 0 unspecified atom stereocenters. The molecule has 0 bridgehead atoms. The number of pyridine rings is 2. The van der Waals surface area contributed by atoms with Crippen LogP contribution >= 0.6 is 12.2 Å². The van der Waals surface area contributed by atoms with Gasteiger partial charge in [0, 0.05) is 43.8 Å². The number of rotatable bonds is 7. The molecule has 38 heavy (non-hydrogen) atoms. The molecule has 0 aliphatic carbocycles. The third kappa shape index (κ3) is 5.35. The number of ether oxygens (including phenoxy) is 1. The molecule has 1 aliphatic rings. The van der Waals surface area contributed by atoms with Crippen molar-refractivity contribution in [1.82, 2.24) is 24.2 Å². The van der Waals surface area contributed by atoms with Crippen LogP contribution in [0, 0.1) is 6.92 Å². The molecule has 0 spiro atoms. The number of likely N-dealkylation sites (tertiary alicyclic amines) is 1. The predicted molar refractivity (Wildman–Crippen MR) is 149 cm³/mol. The molecule has 1 aromatic carbocycles. The zero-order chi connectivity index (χ0) is 26.6. The lowest BCUT2D eigenvalue weighted by atomic mass is 10.1. The van der Waals surface area contributed by atoms with Crippen LogP contribution in [0.2, 0.25) is 0 Å². The maximum absolute atomic E-state index is 13.1. The molecule has 0 atom stereocenters. The van der Waals surface area contributed by atoms with Crippen LogP contribution < -0.4 is 15.6 Å². The Morgan fingerprint density at radius 3 is 2.53 bits per heavy atom. The highest BCUT2D eigenvalue weighted by atomic mass is 32.1. The summed E-state index contributed by atoms with van der Waals surface area (Å²) in [6, 6.07) is 16.2. The number of para-hydroxylation sites is 1. The first-order chi connectivity index (χ1) is 18.4. The molecule has 3 aromatic heterocycles. The van der Waals surface area contributed by atoms with Crippen molar-refractivity contribution in [3.63, 3.8) is 0 Å². The SMILES string of the molecule is Cc1c(C(=O)Cc2ccc(Oc3ccnc(NC(=S)N4CCCC4)c3)cn2)c(=O)n(-c2ccccc2)n1C. The van der Waals surface area contributed by atoms with Gasteiger partial charge in [-0.15, -0.1) is 0 Å². The van der Waals surface area contributed by atoms with Gasteiger partial charge < -0.3 is 15.0 Å². The minimum absolute atomic E-state index is 0.00638. The van der Waals surface area contributed by atoms with Crippen molar-refractivity contribution >= 4 is 28.9 Å². The molecule has 0 amide bonds. The smallest absolute Gasteiger partial charge is 0.282 e. The van der Waals surface area contributed by atoms with Gasteiger partial charge in [0.05, 0.1) is 18.3 Å². The van der Waals surface area contributed by atoms with Crippen LogP contribution in [-0.4, -0.2) is 48.2 Å². The predicted octanol–water partition coefficient (Wildman–Crippen LogP) is 4.28. The molecule has 1 aliphatic heterocycles. The minimum atomic E-state index is -0.340. The summed E-state index contributed by atoms with van der Waals surface area (Å²) >= 11 is 5.48. The van der Waals surface area contributed by atoms with Gasteiger partial charge in [0.15, 0.2) is 10.9 Å². The van der Waals surface area contributed by atoms with E-state index in [1.165, 1.54) is 4.68 Å². The van der Waals surface area contributed by atoms with Crippen molar-refractivity contribution in [3.05, 3.63) is 94.3 Å². The molecular weight excluding hydrogens is 500 g/mol. The molecule has 0 saturated carbocycles. The van der Waals surface area contributed by atoms with Crippen LogP contribution in [0.15, 0.2) is 71.8 Å². The van der Waals surface area contributed by atoms with E-state index in [1.807, 2.05) is 30.3 Å². The summed E-state index contributed by atoms with van der Waals surface area (Å²) in [4.78, 5) is 37.1. The van der Waals surface area contributed by atoms with Crippen LogP contribution in [0.5, 0.6) is 11.5 Å². The maximum atomic E-state index is 13.1. The van der Waals surface area contributed by atoms with Gasteiger partial charge in [-0.25, -0.2) is 9.67 Å². The number of nitrogens with one attached hydrogen (secondary N) is 1. The lowest BCUT2D eigenvalue weighted by Gasteiger charge is -2.19. The van der Waals surface area contributed by atoms with Gasteiger partial charge in [-0.05, 0) is 62.3 Å². The largest absolute Gasteiger partial charge is 0.456 e. The standard InChI is InChI=1S/C28H28N6O3S/c1-19-26(27(36)34(32(19)2)21-8-4-3-5-9-21)24(35)16-20-10-11-23(18-30-20)37-22-12-13-29-25(17-22)31-28(38)33-14-6-7-15-33/h3-5,8-13,17-18H,6-7,14-16H2,1-2H3,(H,29,31,38). The van der Waals surface area contributed by atoms with Crippen molar-refractivity contribution in [2.75, 3.05) is 18.4 Å². The number of ketones is 1. The summed E-state index contributed by atoms with van der Waals surface area (Å²) in [7, 11) is 1.77. The quantitative estimate of drug-likeness (QED) is 0.281. The molecule has 9 nitrogen and oxygen atoms in total. The van der Waals surface area contributed by atoms with E-state index in [4.69, 9.17) is 17.0 Å². The van der Waals surface area contributed by atoms with E-state index in [0.717, 1.165) is 25.9 Å². The fourth-order valence-electron chi connectivity index (χ4n) is 4.51. The number of carbonyl (C=O) groups is 1. The van der Waals surface area contributed by atoms with Crippen LogP contribution in [0.4, 0.5) is 5.82 Å². The molecule has 10 heteroatoms. The number of aromatic nitrogens is 4. The Morgan fingerprint density at radius 1 is 1.05 bits per heavy atom. The fraction of sp³-hybridized carbons (Fsp3) is 0.250. The number of benzene rings is 1. The van der Waals surface area contributed by atoms with Gasteiger partial charge in [-0.3, -0.25) is 19.3 Å². The summed E-state index contributed by atoms with van der Waals surface area (Å²) in [5, 5.41) is 3.82. The number of Topliss-reactive ketones (excluding diaryl/α,β-unsaturated/α-hetero) is 1. The Labute approximate surface area is 225 Å². The molecule has 5 rings (SSSR count). The van der Waals surface area contributed by atoms with E-state index < -0.39 is 0 Å². The third-order valence-electron chi connectivity index (χ3n) is 6.57. The minimum Gasteiger partial charge on any atom is -0.456 e. The second-order valence-electron chi connectivity index (χ2n) is 9.12. The fourth-order valence-corrected chi connectivity index (χ4v) is 4.79. The molecule has 1 saturated heterocycles. The summed E-state index contributed by atoms with van der Waals surface area (Å²) < 4.78 is 9.14. The van der Waals surface area contributed by atoms with Gasteiger partial charge in [0.1, 0.15) is 22.9 Å². The normalized spacial score (nSPS) is 12.9. The molecule has 4 aromatic rings. The van der Waals surface area contributed by atoms with Crippen molar-refractivity contribution in [2.45, 2.75) is 26.2 Å². The first kappa shape index (κ1) is 25.3. The highest BCUT2D eigenvalue weighted by Gasteiger charge is 2.22. The lowest BCUT2D eigenvalue weighted by Crippen LogP contribution is -2.32. The number of thiocarbonyl (C=S) groups is 1. The Morgan fingerprint density at radius 2 is 1.82 bits per heavy atom. The Hall–Kier alpha value is -4.31.